The van der Waals surface area contributed by atoms with Crippen molar-refractivity contribution >= 4 is 21.5 Å². The first-order valence-corrected chi connectivity index (χ1v) is 9.03. The number of sulfonamides is 1. The van der Waals surface area contributed by atoms with Gasteiger partial charge < -0.3 is 5.32 Å². The highest BCUT2D eigenvalue weighted by molar-refractivity contribution is 7.89. The normalized spacial score (nSPS) is 11.5. The minimum atomic E-state index is -3.55. The molecule has 0 aliphatic heterocycles. The van der Waals surface area contributed by atoms with E-state index in [1.807, 2.05) is 32.0 Å². The Morgan fingerprint density at radius 1 is 1.08 bits per heavy atom. The first-order valence-electron chi connectivity index (χ1n) is 7.59. The lowest BCUT2D eigenvalue weighted by Crippen LogP contribution is -2.22. The maximum Gasteiger partial charge on any atom is 0.242 e. The summed E-state index contributed by atoms with van der Waals surface area (Å²) in [6.07, 6.45) is 0. The standard InChI is InChI=1S/C18H22N2O3S/c1-13-7-5-10-17(14(13)2)19-12-18(21)15-8-6-9-16(11-15)24(22,23)20(3)4/h5-11,19H,12H2,1-4H3. The predicted molar refractivity (Wildman–Crippen MR) is 96.1 cm³/mol. The summed E-state index contributed by atoms with van der Waals surface area (Å²) in [6.45, 7) is 4.11. The molecule has 0 aliphatic rings. The number of Topliss-reactive ketones (excluding diaryl/α,β-unsaturated/α-hetero) is 1. The summed E-state index contributed by atoms with van der Waals surface area (Å²) in [6, 6.07) is 12.0. The van der Waals surface area contributed by atoms with Gasteiger partial charge in [0.25, 0.3) is 0 Å². The fourth-order valence-electron chi connectivity index (χ4n) is 2.26. The zero-order valence-electron chi connectivity index (χ0n) is 14.3. The van der Waals surface area contributed by atoms with Gasteiger partial charge in [0.1, 0.15) is 0 Å². The van der Waals surface area contributed by atoms with Crippen molar-refractivity contribution in [3.8, 4) is 0 Å². The molecular formula is C18H22N2O3S. The molecule has 0 atom stereocenters. The number of ketones is 1. The van der Waals surface area contributed by atoms with Crippen LogP contribution in [-0.4, -0.2) is 39.1 Å². The number of rotatable bonds is 6. The van der Waals surface area contributed by atoms with Crippen molar-refractivity contribution in [3.05, 3.63) is 59.2 Å². The zero-order chi connectivity index (χ0) is 17.9. The van der Waals surface area contributed by atoms with Gasteiger partial charge in [-0.1, -0.05) is 24.3 Å². The summed E-state index contributed by atoms with van der Waals surface area (Å²) < 4.78 is 25.5. The van der Waals surface area contributed by atoms with Crippen molar-refractivity contribution in [1.29, 1.82) is 0 Å². The van der Waals surface area contributed by atoms with Crippen LogP contribution in [0, 0.1) is 13.8 Å². The quantitative estimate of drug-likeness (QED) is 0.817. The molecule has 0 bridgehead atoms. The van der Waals surface area contributed by atoms with Crippen LogP contribution in [0.15, 0.2) is 47.4 Å². The van der Waals surface area contributed by atoms with E-state index in [-0.39, 0.29) is 17.2 Å². The van der Waals surface area contributed by atoms with E-state index in [0.717, 1.165) is 21.1 Å². The summed E-state index contributed by atoms with van der Waals surface area (Å²) in [5.74, 6) is -0.160. The van der Waals surface area contributed by atoms with Crippen molar-refractivity contribution in [2.75, 3.05) is 26.0 Å². The van der Waals surface area contributed by atoms with Gasteiger partial charge in [-0.15, -0.1) is 0 Å². The lowest BCUT2D eigenvalue weighted by atomic mass is 10.1. The average Bonchev–Trinajstić information content (AvgIpc) is 2.56. The fraction of sp³-hybridized carbons (Fsp3) is 0.278. The van der Waals surface area contributed by atoms with Gasteiger partial charge in [0.05, 0.1) is 11.4 Å². The van der Waals surface area contributed by atoms with Gasteiger partial charge in [0, 0.05) is 25.3 Å². The number of aryl methyl sites for hydroxylation is 1. The smallest absolute Gasteiger partial charge is 0.242 e. The monoisotopic (exact) mass is 346 g/mol. The molecule has 0 spiro atoms. The van der Waals surface area contributed by atoms with Gasteiger partial charge in [-0.05, 0) is 43.2 Å². The van der Waals surface area contributed by atoms with E-state index in [1.165, 1.54) is 26.2 Å². The molecule has 6 heteroatoms. The molecule has 0 fully saturated rings. The summed E-state index contributed by atoms with van der Waals surface area (Å²) >= 11 is 0. The number of nitrogens with one attached hydrogen (secondary N) is 1. The van der Waals surface area contributed by atoms with Crippen LogP contribution in [0.25, 0.3) is 0 Å². The van der Waals surface area contributed by atoms with E-state index in [9.17, 15) is 13.2 Å². The van der Waals surface area contributed by atoms with E-state index in [4.69, 9.17) is 0 Å². The van der Waals surface area contributed by atoms with Gasteiger partial charge in [-0.25, -0.2) is 12.7 Å². The molecule has 5 nitrogen and oxygen atoms in total. The molecule has 0 saturated heterocycles. The summed E-state index contributed by atoms with van der Waals surface area (Å²) in [5, 5.41) is 3.12. The summed E-state index contributed by atoms with van der Waals surface area (Å²) in [5.41, 5.74) is 3.51. The maximum absolute atomic E-state index is 12.4. The Labute approximate surface area is 143 Å². The fourth-order valence-corrected chi connectivity index (χ4v) is 3.21. The van der Waals surface area contributed by atoms with Crippen molar-refractivity contribution < 1.29 is 13.2 Å². The number of hydrogen-bond acceptors (Lipinski definition) is 4. The molecule has 0 saturated carbocycles. The number of carbonyl (C=O) groups excluding carboxylic acids is 1. The molecule has 0 unspecified atom stereocenters. The molecule has 2 aromatic rings. The molecular weight excluding hydrogens is 324 g/mol. The molecule has 0 amide bonds. The Morgan fingerprint density at radius 2 is 1.75 bits per heavy atom. The highest BCUT2D eigenvalue weighted by Gasteiger charge is 2.18. The maximum atomic E-state index is 12.4. The van der Waals surface area contributed by atoms with Crippen LogP contribution in [0.3, 0.4) is 0 Å². The molecule has 2 aromatic carbocycles. The van der Waals surface area contributed by atoms with Crippen LogP contribution < -0.4 is 5.32 Å². The van der Waals surface area contributed by atoms with Crippen LogP contribution in [0.2, 0.25) is 0 Å². The predicted octanol–water partition coefficient (Wildman–Crippen LogP) is 2.85. The Balaban J connectivity index is 2.18. The van der Waals surface area contributed by atoms with E-state index in [2.05, 4.69) is 5.32 Å². The highest BCUT2D eigenvalue weighted by atomic mass is 32.2. The second-order valence-electron chi connectivity index (χ2n) is 5.84. The molecule has 2 rings (SSSR count). The Bertz CT molecular complexity index is 858. The lowest BCUT2D eigenvalue weighted by Gasteiger charge is -2.13. The molecule has 24 heavy (non-hydrogen) atoms. The second-order valence-corrected chi connectivity index (χ2v) is 7.99. The van der Waals surface area contributed by atoms with Crippen LogP contribution in [-0.2, 0) is 10.0 Å². The second kappa shape index (κ2) is 7.15. The molecule has 0 aromatic heterocycles. The minimum Gasteiger partial charge on any atom is -0.377 e. The Hall–Kier alpha value is -2.18. The first-order chi connectivity index (χ1) is 11.2. The number of benzene rings is 2. The number of carbonyl (C=O) groups is 1. The number of anilines is 1. The number of nitrogens with zero attached hydrogens (tertiary/aromatic N) is 1. The number of hydrogen-bond donors (Lipinski definition) is 1. The van der Waals surface area contributed by atoms with E-state index in [1.54, 1.807) is 12.1 Å². The Kier molecular flexibility index (Phi) is 5.41. The van der Waals surface area contributed by atoms with Crippen LogP contribution in [0.4, 0.5) is 5.69 Å². The average molecular weight is 346 g/mol. The van der Waals surface area contributed by atoms with Crippen LogP contribution >= 0.6 is 0 Å². The largest absolute Gasteiger partial charge is 0.377 e. The van der Waals surface area contributed by atoms with Gasteiger partial charge >= 0.3 is 0 Å². The minimum absolute atomic E-state index is 0.107. The third kappa shape index (κ3) is 3.83. The van der Waals surface area contributed by atoms with Gasteiger partial charge in [-0.3, -0.25) is 4.79 Å². The van der Waals surface area contributed by atoms with Crippen molar-refractivity contribution in [2.24, 2.45) is 0 Å². The molecule has 128 valence electrons. The van der Waals surface area contributed by atoms with Crippen molar-refractivity contribution in [2.45, 2.75) is 18.7 Å². The van der Waals surface area contributed by atoms with E-state index >= 15 is 0 Å². The molecule has 0 heterocycles. The third-order valence-corrected chi connectivity index (χ3v) is 5.79. The lowest BCUT2D eigenvalue weighted by molar-refractivity contribution is 0.101. The Morgan fingerprint density at radius 3 is 2.42 bits per heavy atom. The summed E-state index contributed by atoms with van der Waals surface area (Å²) in [4.78, 5) is 12.5. The summed E-state index contributed by atoms with van der Waals surface area (Å²) in [7, 11) is -0.623. The SMILES string of the molecule is Cc1cccc(NCC(=O)c2cccc(S(=O)(=O)N(C)C)c2)c1C. The molecule has 0 aliphatic carbocycles. The first kappa shape index (κ1) is 18.2. The van der Waals surface area contributed by atoms with Gasteiger partial charge in [-0.2, -0.15) is 0 Å². The van der Waals surface area contributed by atoms with Crippen LogP contribution in [0.1, 0.15) is 21.5 Å². The molecule has 1 N–H and O–H groups in total. The topological polar surface area (TPSA) is 66.5 Å². The van der Waals surface area contributed by atoms with Crippen molar-refractivity contribution in [1.82, 2.24) is 4.31 Å². The van der Waals surface area contributed by atoms with E-state index < -0.39 is 10.0 Å². The molecule has 0 radical (unpaired) electrons. The van der Waals surface area contributed by atoms with Gasteiger partial charge in [0.2, 0.25) is 10.0 Å². The van der Waals surface area contributed by atoms with E-state index in [0.29, 0.717) is 5.56 Å². The van der Waals surface area contributed by atoms with Crippen molar-refractivity contribution in [3.63, 3.8) is 0 Å². The highest BCUT2D eigenvalue weighted by Crippen LogP contribution is 2.19. The van der Waals surface area contributed by atoms with Gasteiger partial charge in [0.15, 0.2) is 5.78 Å². The third-order valence-electron chi connectivity index (χ3n) is 3.98. The van der Waals surface area contributed by atoms with Crippen LogP contribution in [0.5, 0.6) is 0 Å². The zero-order valence-corrected chi connectivity index (χ0v) is 15.1.